The zero-order valence-corrected chi connectivity index (χ0v) is 18.5. The van der Waals surface area contributed by atoms with Gasteiger partial charge >= 0.3 is 0 Å². The molecule has 0 spiro atoms. The van der Waals surface area contributed by atoms with Crippen molar-refractivity contribution in [3.05, 3.63) is 69.5 Å². The third-order valence-electron chi connectivity index (χ3n) is 6.91. The van der Waals surface area contributed by atoms with Gasteiger partial charge in [0, 0.05) is 12.3 Å². The van der Waals surface area contributed by atoms with E-state index in [1.165, 1.54) is 18.4 Å². The van der Waals surface area contributed by atoms with E-state index in [1.807, 2.05) is 12.2 Å². The third-order valence-corrected chi connectivity index (χ3v) is 7.32. The van der Waals surface area contributed by atoms with Crippen LogP contribution in [-0.2, 0) is 15.9 Å². The first-order valence-electron chi connectivity index (χ1n) is 11.3. The molecule has 1 saturated carbocycles. The predicted octanol–water partition coefficient (Wildman–Crippen LogP) is 2.30. The minimum atomic E-state index is -1.41. The van der Waals surface area contributed by atoms with E-state index in [1.54, 1.807) is 0 Å². The lowest BCUT2D eigenvalue weighted by Gasteiger charge is -2.42. The van der Waals surface area contributed by atoms with Gasteiger partial charge in [0.25, 0.3) is 0 Å². The second-order valence-electron chi connectivity index (χ2n) is 9.19. The quantitative estimate of drug-likeness (QED) is 0.538. The SMILES string of the molecule is OC[C@H]1OC(C2C=C(Cc3ccc(C4CC4)cc3)C(Cl)=C3OCCC3=C2)[C@H](O)[C@@H](O)[C@@H]1O. The summed E-state index contributed by atoms with van der Waals surface area (Å²) in [7, 11) is 0. The van der Waals surface area contributed by atoms with E-state index in [0.717, 1.165) is 16.7 Å². The molecule has 3 fully saturated rings. The van der Waals surface area contributed by atoms with Crippen LogP contribution in [0.25, 0.3) is 0 Å². The zero-order chi connectivity index (χ0) is 22.4. The van der Waals surface area contributed by atoms with Crippen LogP contribution >= 0.6 is 11.6 Å². The number of hydrogen-bond donors (Lipinski definition) is 4. The van der Waals surface area contributed by atoms with Gasteiger partial charge in [-0.2, -0.15) is 0 Å². The highest BCUT2D eigenvalue weighted by atomic mass is 35.5. The van der Waals surface area contributed by atoms with E-state index in [2.05, 4.69) is 24.3 Å². The Kier molecular flexibility index (Phi) is 6.18. The van der Waals surface area contributed by atoms with Gasteiger partial charge < -0.3 is 29.9 Å². The molecule has 2 aliphatic carbocycles. The molecule has 0 radical (unpaired) electrons. The van der Waals surface area contributed by atoms with Crippen molar-refractivity contribution >= 4 is 11.6 Å². The summed E-state index contributed by atoms with van der Waals surface area (Å²) in [6.07, 6.45) is 1.81. The summed E-state index contributed by atoms with van der Waals surface area (Å²) in [6, 6.07) is 8.61. The van der Waals surface area contributed by atoms with Crippen LogP contribution in [0.5, 0.6) is 0 Å². The van der Waals surface area contributed by atoms with Crippen molar-refractivity contribution in [1.29, 1.82) is 0 Å². The average Bonchev–Trinajstić information content (AvgIpc) is 3.57. The van der Waals surface area contributed by atoms with Crippen LogP contribution < -0.4 is 0 Å². The summed E-state index contributed by atoms with van der Waals surface area (Å²) < 4.78 is 11.7. The average molecular weight is 461 g/mol. The summed E-state index contributed by atoms with van der Waals surface area (Å²) in [5.74, 6) is 0.936. The third kappa shape index (κ3) is 4.16. The highest BCUT2D eigenvalue weighted by Crippen LogP contribution is 2.42. The first kappa shape index (κ1) is 22.1. The molecule has 7 heteroatoms. The van der Waals surface area contributed by atoms with Crippen LogP contribution in [0.3, 0.4) is 0 Å². The van der Waals surface area contributed by atoms with Crippen molar-refractivity contribution in [2.75, 3.05) is 13.2 Å². The van der Waals surface area contributed by atoms with Crippen LogP contribution in [0.2, 0.25) is 0 Å². The molecule has 0 bridgehead atoms. The van der Waals surface area contributed by atoms with E-state index < -0.39 is 43.0 Å². The first-order chi connectivity index (χ1) is 15.5. The largest absolute Gasteiger partial charge is 0.491 e. The van der Waals surface area contributed by atoms with E-state index in [0.29, 0.717) is 36.2 Å². The molecule has 4 aliphatic rings. The number of allylic oxidation sites excluding steroid dienone is 3. The molecule has 1 aromatic carbocycles. The molecule has 2 aliphatic heterocycles. The maximum absolute atomic E-state index is 10.7. The molecule has 6 nitrogen and oxygen atoms in total. The van der Waals surface area contributed by atoms with E-state index in [9.17, 15) is 20.4 Å². The lowest BCUT2D eigenvalue weighted by atomic mass is 9.86. The fourth-order valence-electron chi connectivity index (χ4n) is 4.88. The molecule has 1 aromatic rings. The maximum atomic E-state index is 10.7. The molecule has 2 unspecified atom stereocenters. The van der Waals surface area contributed by atoms with Gasteiger partial charge in [0.2, 0.25) is 0 Å². The topological polar surface area (TPSA) is 99.4 Å². The predicted molar refractivity (Wildman–Crippen MR) is 119 cm³/mol. The fraction of sp³-hybridized carbons (Fsp3) is 0.520. The number of benzene rings is 1. The number of aliphatic hydroxyl groups excluding tert-OH is 4. The highest BCUT2D eigenvalue weighted by molar-refractivity contribution is 6.32. The molecule has 6 atom stereocenters. The number of halogens is 1. The van der Waals surface area contributed by atoms with Gasteiger partial charge in [0.15, 0.2) is 0 Å². The van der Waals surface area contributed by atoms with E-state index >= 15 is 0 Å². The summed E-state index contributed by atoms with van der Waals surface area (Å²) in [5, 5.41) is 41.3. The molecule has 2 saturated heterocycles. The maximum Gasteiger partial charge on any atom is 0.141 e. The fourth-order valence-corrected chi connectivity index (χ4v) is 5.19. The molecule has 2 heterocycles. The van der Waals surface area contributed by atoms with Crippen LogP contribution in [-0.4, -0.2) is 64.2 Å². The Morgan fingerprint density at radius 3 is 2.41 bits per heavy atom. The van der Waals surface area contributed by atoms with Gasteiger partial charge in [-0.1, -0.05) is 48.0 Å². The van der Waals surface area contributed by atoms with Crippen LogP contribution in [0.15, 0.2) is 58.4 Å². The Hall–Kier alpha value is -1.67. The van der Waals surface area contributed by atoms with Crippen molar-refractivity contribution in [3.63, 3.8) is 0 Å². The second-order valence-corrected chi connectivity index (χ2v) is 9.57. The molecule has 0 amide bonds. The van der Waals surface area contributed by atoms with Crippen molar-refractivity contribution < 1.29 is 29.9 Å². The lowest BCUT2D eigenvalue weighted by molar-refractivity contribution is -0.234. The van der Waals surface area contributed by atoms with Crippen molar-refractivity contribution in [2.45, 2.75) is 62.1 Å². The number of ether oxygens (including phenoxy) is 2. The van der Waals surface area contributed by atoms with E-state index in [-0.39, 0.29) is 0 Å². The lowest BCUT2D eigenvalue weighted by Crippen LogP contribution is -2.60. The van der Waals surface area contributed by atoms with Gasteiger partial charge in [-0.05, 0) is 47.5 Å². The molecular weight excluding hydrogens is 432 g/mol. The summed E-state index contributed by atoms with van der Waals surface area (Å²) in [6.45, 7) is 0.0736. The Labute approximate surface area is 192 Å². The number of fused-ring (bicyclic) bond motifs is 1. The Balaban J connectivity index is 1.46. The van der Waals surface area contributed by atoms with Crippen molar-refractivity contribution in [2.24, 2.45) is 5.92 Å². The zero-order valence-electron chi connectivity index (χ0n) is 17.7. The van der Waals surface area contributed by atoms with E-state index in [4.69, 9.17) is 21.1 Å². The Bertz CT molecular complexity index is 946. The second kappa shape index (κ2) is 8.93. The summed E-state index contributed by atoms with van der Waals surface area (Å²) in [4.78, 5) is 0. The van der Waals surface area contributed by atoms with Gasteiger partial charge in [-0.15, -0.1) is 0 Å². The monoisotopic (exact) mass is 460 g/mol. The molecule has 5 rings (SSSR count). The Morgan fingerprint density at radius 2 is 1.72 bits per heavy atom. The van der Waals surface area contributed by atoms with Gasteiger partial charge in [0.1, 0.15) is 30.2 Å². The minimum Gasteiger partial charge on any atom is -0.491 e. The minimum absolute atomic E-state index is 0.412. The van der Waals surface area contributed by atoms with Gasteiger partial charge in [-0.25, -0.2) is 0 Å². The van der Waals surface area contributed by atoms with Crippen molar-refractivity contribution in [3.8, 4) is 0 Å². The summed E-state index contributed by atoms with van der Waals surface area (Å²) >= 11 is 6.79. The van der Waals surface area contributed by atoms with Crippen LogP contribution in [0.1, 0.15) is 36.3 Å². The summed E-state index contributed by atoms with van der Waals surface area (Å²) in [5.41, 5.74) is 4.28. The molecular formula is C25H29ClO6. The van der Waals surface area contributed by atoms with Gasteiger partial charge in [-0.3, -0.25) is 0 Å². The number of rotatable bonds is 5. The van der Waals surface area contributed by atoms with Crippen molar-refractivity contribution in [1.82, 2.24) is 0 Å². The number of hydrogen-bond acceptors (Lipinski definition) is 6. The smallest absolute Gasteiger partial charge is 0.141 e. The molecule has 32 heavy (non-hydrogen) atoms. The molecule has 4 N–H and O–H groups in total. The highest BCUT2D eigenvalue weighted by Gasteiger charge is 2.46. The molecule has 172 valence electrons. The Morgan fingerprint density at radius 1 is 0.969 bits per heavy atom. The van der Waals surface area contributed by atoms with Crippen LogP contribution in [0, 0.1) is 5.92 Å². The first-order valence-corrected chi connectivity index (χ1v) is 11.7. The van der Waals surface area contributed by atoms with Gasteiger partial charge in [0.05, 0.1) is 24.4 Å². The number of aliphatic hydroxyl groups is 4. The standard InChI is InChI=1S/C25H29ClO6/c26-20-17(9-13-1-3-14(4-2-13)15-5-6-15)11-18(10-16-7-8-31-24(16)20)25-23(30)22(29)21(28)19(12-27)32-25/h1-4,10-11,15,18-19,21-23,25,27-30H,5-9,12H2/t18?,19-,21-,22+,23-,25?/m1/s1. The normalized spacial score (nSPS) is 35.0. The molecule has 0 aromatic heterocycles. The van der Waals surface area contributed by atoms with Crippen LogP contribution in [0.4, 0.5) is 0 Å².